The third-order valence-corrected chi connectivity index (χ3v) is 6.20. The number of ether oxygens (including phenoxy) is 1. The largest absolute Gasteiger partial charge is 0.497 e. The van der Waals surface area contributed by atoms with Crippen molar-refractivity contribution in [1.82, 2.24) is 20.2 Å². The Labute approximate surface area is 181 Å². The van der Waals surface area contributed by atoms with Crippen molar-refractivity contribution in [2.75, 3.05) is 20.2 Å². The molecule has 2 N–H and O–H groups in total. The Bertz CT molecular complexity index is 1060. The van der Waals surface area contributed by atoms with Crippen molar-refractivity contribution in [2.45, 2.75) is 26.3 Å². The SMILES string of the molecule is COc1ccc2cc(C(=O)N3CCC(C(C)C(=O)NCc4cccnc4)CC3)[nH]c2c1. The monoisotopic (exact) mass is 420 g/mol. The molecular formula is C24H28N4O3. The molecule has 7 heteroatoms. The molecule has 4 rings (SSSR count). The van der Waals surface area contributed by atoms with E-state index in [0.29, 0.717) is 25.3 Å². The van der Waals surface area contributed by atoms with Gasteiger partial charge in [-0.05, 0) is 48.6 Å². The van der Waals surface area contributed by atoms with Gasteiger partial charge in [-0.2, -0.15) is 0 Å². The van der Waals surface area contributed by atoms with E-state index in [0.717, 1.165) is 35.1 Å². The number of aromatic nitrogens is 2. The summed E-state index contributed by atoms with van der Waals surface area (Å²) >= 11 is 0. The molecule has 7 nitrogen and oxygen atoms in total. The molecule has 1 unspecified atom stereocenters. The second-order valence-electron chi connectivity index (χ2n) is 8.13. The van der Waals surface area contributed by atoms with Crippen LogP contribution in [0.5, 0.6) is 5.75 Å². The van der Waals surface area contributed by atoms with Gasteiger partial charge in [0, 0.05) is 54.9 Å². The molecule has 31 heavy (non-hydrogen) atoms. The predicted octanol–water partition coefficient (Wildman–Crippen LogP) is 3.38. The predicted molar refractivity (Wildman–Crippen MR) is 119 cm³/mol. The van der Waals surface area contributed by atoms with Crippen LogP contribution in [-0.4, -0.2) is 46.9 Å². The van der Waals surface area contributed by atoms with Crippen LogP contribution < -0.4 is 10.1 Å². The van der Waals surface area contributed by atoms with E-state index in [4.69, 9.17) is 4.74 Å². The van der Waals surface area contributed by atoms with Crippen molar-refractivity contribution in [1.29, 1.82) is 0 Å². The molecule has 1 aliphatic rings. The minimum Gasteiger partial charge on any atom is -0.497 e. The van der Waals surface area contributed by atoms with Crippen LogP contribution in [0.2, 0.25) is 0 Å². The minimum absolute atomic E-state index is 0.00213. The molecule has 0 spiro atoms. The Balaban J connectivity index is 1.31. The lowest BCUT2D eigenvalue weighted by Gasteiger charge is -2.34. The van der Waals surface area contributed by atoms with E-state index in [2.05, 4.69) is 15.3 Å². The van der Waals surface area contributed by atoms with Gasteiger partial charge in [-0.3, -0.25) is 14.6 Å². The maximum Gasteiger partial charge on any atom is 0.270 e. The lowest BCUT2D eigenvalue weighted by atomic mass is 9.84. The van der Waals surface area contributed by atoms with Crippen LogP contribution >= 0.6 is 0 Å². The molecule has 3 aromatic rings. The molecule has 1 fully saturated rings. The molecule has 2 aromatic heterocycles. The maximum absolute atomic E-state index is 13.0. The first-order chi connectivity index (χ1) is 15.0. The van der Waals surface area contributed by atoms with Crippen molar-refractivity contribution in [2.24, 2.45) is 11.8 Å². The number of nitrogens with one attached hydrogen (secondary N) is 2. The number of amides is 2. The number of benzene rings is 1. The lowest BCUT2D eigenvalue weighted by molar-refractivity contribution is -0.126. The molecule has 1 atom stereocenters. The summed E-state index contributed by atoms with van der Waals surface area (Å²) in [5.74, 6) is 0.991. The summed E-state index contributed by atoms with van der Waals surface area (Å²) in [6, 6.07) is 11.4. The average molecular weight is 421 g/mol. The molecule has 1 saturated heterocycles. The first-order valence-electron chi connectivity index (χ1n) is 10.7. The number of likely N-dealkylation sites (tertiary alicyclic amines) is 1. The van der Waals surface area contributed by atoms with E-state index in [-0.39, 0.29) is 23.7 Å². The van der Waals surface area contributed by atoms with Crippen LogP contribution in [0.15, 0.2) is 48.8 Å². The van der Waals surface area contributed by atoms with Crippen LogP contribution in [0.1, 0.15) is 35.8 Å². The number of methoxy groups -OCH3 is 1. The molecule has 0 saturated carbocycles. The van der Waals surface area contributed by atoms with Gasteiger partial charge in [0.25, 0.3) is 5.91 Å². The van der Waals surface area contributed by atoms with Crippen molar-refractivity contribution in [3.63, 3.8) is 0 Å². The van der Waals surface area contributed by atoms with Gasteiger partial charge in [0.2, 0.25) is 5.91 Å². The number of hydrogen-bond donors (Lipinski definition) is 2. The average Bonchev–Trinajstić information content (AvgIpc) is 3.25. The van der Waals surface area contributed by atoms with Gasteiger partial charge >= 0.3 is 0 Å². The number of piperidine rings is 1. The van der Waals surface area contributed by atoms with Crippen molar-refractivity contribution in [3.8, 4) is 5.75 Å². The van der Waals surface area contributed by atoms with Crippen LogP contribution in [0, 0.1) is 11.8 Å². The Kier molecular flexibility index (Phi) is 6.21. The van der Waals surface area contributed by atoms with Crippen LogP contribution in [0.3, 0.4) is 0 Å². The number of H-pyrrole nitrogens is 1. The van der Waals surface area contributed by atoms with E-state index in [1.54, 1.807) is 19.5 Å². The highest BCUT2D eigenvalue weighted by Crippen LogP contribution is 2.27. The van der Waals surface area contributed by atoms with Crippen LogP contribution in [0.4, 0.5) is 0 Å². The molecule has 0 radical (unpaired) electrons. The van der Waals surface area contributed by atoms with Crippen LogP contribution in [0.25, 0.3) is 10.9 Å². The zero-order valence-electron chi connectivity index (χ0n) is 17.9. The molecule has 162 valence electrons. The van der Waals surface area contributed by atoms with Crippen molar-refractivity contribution < 1.29 is 14.3 Å². The topological polar surface area (TPSA) is 87.3 Å². The summed E-state index contributed by atoms with van der Waals surface area (Å²) in [5, 5.41) is 3.99. The second-order valence-corrected chi connectivity index (χ2v) is 8.13. The summed E-state index contributed by atoms with van der Waals surface area (Å²) in [7, 11) is 1.63. The molecule has 2 amide bonds. The summed E-state index contributed by atoms with van der Waals surface area (Å²) in [6.45, 7) is 3.77. The summed E-state index contributed by atoms with van der Waals surface area (Å²) in [6.07, 6.45) is 5.12. The normalized spacial score (nSPS) is 15.6. The standard InChI is InChI=1S/C24H28N4O3/c1-16(23(29)26-15-17-4-3-9-25-14-17)18-7-10-28(11-8-18)24(30)22-12-19-5-6-20(31-2)13-21(19)27-22/h3-6,9,12-14,16,18,27H,7-8,10-11,15H2,1-2H3,(H,26,29). The van der Waals surface area contributed by atoms with Gasteiger partial charge in [0.15, 0.2) is 0 Å². The molecule has 0 aliphatic carbocycles. The van der Waals surface area contributed by atoms with E-state index < -0.39 is 0 Å². The van der Waals surface area contributed by atoms with Gasteiger partial charge in [0.1, 0.15) is 11.4 Å². The summed E-state index contributed by atoms with van der Waals surface area (Å²) < 4.78 is 5.25. The quantitative estimate of drug-likeness (QED) is 0.640. The fourth-order valence-corrected chi connectivity index (χ4v) is 4.19. The number of hydrogen-bond acceptors (Lipinski definition) is 4. The highest BCUT2D eigenvalue weighted by molar-refractivity contribution is 5.98. The first kappa shape index (κ1) is 20.9. The minimum atomic E-state index is -0.0885. The van der Waals surface area contributed by atoms with Gasteiger partial charge in [-0.15, -0.1) is 0 Å². The molecule has 1 aliphatic heterocycles. The Hall–Kier alpha value is -3.35. The molecular weight excluding hydrogens is 392 g/mol. The van der Waals surface area contributed by atoms with Crippen molar-refractivity contribution in [3.05, 3.63) is 60.0 Å². The lowest BCUT2D eigenvalue weighted by Crippen LogP contribution is -2.42. The van der Waals surface area contributed by atoms with Gasteiger partial charge in [-0.25, -0.2) is 0 Å². The number of pyridine rings is 1. The van der Waals surface area contributed by atoms with E-state index in [1.807, 2.05) is 48.2 Å². The fraction of sp³-hybridized carbons (Fsp3) is 0.375. The third-order valence-electron chi connectivity index (χ3n) is 6.20. The van der Waals surface area contributed by atoms with E-state index in [1.165, 1.54) is 0 Å². The number of nitrogens with zero attached hydrogens (tertiary/aromatic N) is 2. The molecule has 1 aromatic carbocycles. The molecule has 0 bridgehead atoms. The van der Waals surface area contributed by atoms with Gasteiger partial charge in [-0.1, -0.05) is 13.0 Å². The van der Waals surface area contributed by atoms with Gasteiger partial charge in [0.05, 0.1) is 7.11 Å². The zero-order chi connectivity index (χ0) is 21.8. The Morgan fingerprint density at radius 1 is 1.26 bits per heavy atom. The number of fused-ring (bicyclic) bond motifs is 1. The van der Waals surface area contributed by atoms with Gasteiger partial charge < -0.3 is 19.9 Å². The zero-order valence-corrected chi connectivity index (χ0v) is 17.9. The Morgan fingerprint density at radius 2 is 2.06 bits per heavy atom. The third kappa shape index (κ3) is 4.71. The fourth-order valence-electron chi connectivity index (χ4n) is 4.19. The van der Waals surface area contributed by atoms with E-state index in [9.17, 15) is 9.59 Å². The first-order valence-corrected chi connectivity index (χ1v) is 10.7. The maximum atomic E-state index is 13.0. The highest BCUT2D eigenvalue weighted by Gasteiger charge is 2.30. The van der Waals surface area contributed by atoms with Crippen molar-refractivity contribution >= 4 is 22.7 Å². The Morgan fingerprint density at radius 3 is 2.77 bits per heavy atom. The van der Waals surface area contributed by atoms with Crippen LogP contribution in [-0.2, 0) is 11.3 Å². The number of carbonyl (C=O) groups excluding carboxylic acids is 2. The summed E-state index contributed by atoms with van der Waals surface area (Å²) in [4.78, 5) is 34.7. The summed E-state index contributed by atoms with van der Waals surface area (Å²) in [5.41, 5.74) is 2.46. The molecule has 3 heterocycles. The van der Waals surface area contributed by atoms with E-state index >= 15 is 0 Å². The second kappa shape index (κ2) is 9.20. The number of aromatic amines is 1. The highest BCUT2D eigenvalue weighted by atomic mass is 16.5. The number of rotatable bonds is 6. The smallest absolute Gasteiger partial charge is 0.270 e. The number of carbonyl (C=O) groups is 2.